The van der Waals surface area contributed by atoms with E-state index >= 15 is 0 Å². The van der Waals surface area contributed by atoms with Gasteiger partial charge >= 0.3 is 0 Å². The summed E-state index contributed by atoms with van der Waals surface area (Å²) in [5, 5.41) is 0.0147. The van der Waals surface area contributed by atoms with Crippen molar-refractivity contribution in [3.05, 3.63) is 56.8 Å². The molecule has 0 saturated carbocycles. The fourth-order valence-electron chi connectivity index (χ4n) is 3.04. The van der Waals surface area contributed by atoms with Crippen LogP contribution in [0.4, 0.5) is 0 Å². The number of aryl methyl sites for hydroxylation is 3. The van der Waals surface area contributed by atoms with Gasteiger partial charge in [-0.2, -0.15) is 0 Å². The zero-order valence-electron chi connectivity index (χ0n) is 12.7. The number of thiophene rings is 1. The summed E-state index contributed by atoms with van der Waals surface area (Å²) in [5.74, 6) is 0. The lowest BCUT2D eigenvalue weighted by Gasteiger charge is -2.09. The molecule has 1 aromatic heterocycles. The molecule has 3 rings (SSSR count). The number of hydrogen-bond acceptors (Lipinski definition) is 1. The van der Waals surface area contributed by atoms with E-state index in [4.69, 9.17) is 11.6 Å². The molecule has 1 aliphatic rings. The molecule has 2 heteroatoms. The first-order valence-electron chi connectivity index (χ1n) is 8.12. The summed E-state index contributed by atoms with van der Waals surface area (Å²) in [6.45, 7) is 2.24. The lowest BCUT2D eigenvalue weighted by Crippen LogP contribution is -1.96. The average molecular weight is 319 g/mol. The van der Waals surface area contributed by atoms with E-state index in [1.165, 1.54) is 60.9 Å². The van der Waals surface area contributed by atoms with Gasteiger partial charge in [0.2, 0.25) is 0 Å². The van der Waals surface area contributed by atoms with E-state index in [0.717, 1.165) is 0 Å². The fourth-order valence-corrected chi connectivity index (χ4v) is 4.64. The van der Waals surface area contributed by atoms with Crippen LogP contribution in [-0.2, 0) is 19.3 Å². The normalized spacial score (nSPS) is 15.7. The van der Waals surface area contributed by atoms with Gasteiger partial charge in [0.1, 0.15) is 0 Å². The Labute approximate surface area is 137 Å². The highest BCUT2D eigenvalue weighted by Crippen LogP contribution is 2.38. The summed E-state index contributed by atoms with van der Waals surface area (Å²) in [6, 6.07) is 11.3. The van der Waals surface area contributed by atoms with E-state index < -0.39 is 0 Å². The Morgan fingerprint density at radius 1 is 1.14 bits per heavy atom. The molecule has 0 amide bonds. The third-order valence-electron chi connectivity index (χ3n) is 4.36. The van der Waals surface area contributed by atoms with Gasteiger partial charge in [0.05, 0.1) is 5.38 Å². The Bertz CT molecular complexity index is 559. The highest BCUT2D eigenvalue weighted by atomic mass is 35.5. The van der Waals surface area contributed by atoms with Crippen molar-refractivity contribution >= 4 is 22.9 Å². The first-order chi connectivity index (χ1) is 10.3. The third kappa shape index (κ3) is 3.52. The first kappa shape index (κ1) is 15.1. The van der Waals surface area contributed by atoms with Crippen LogP contribution < -0.4 is 0 Å². The van der Waals surface area contributed by atoms with Gasteiger partial charge < -0.3 is 0 Å². The van der Waals surface area contributed by atoms with E-state index in [-0.39, 0.29) is 5.38 Å². The Morgan fingerprint density at radius 3 is 2.62 bits per heavy atom. The number of benzene rings is 1. The Kier molecular flexibility index (Phi) is 5.03. The number of hydrogen-bond donors (Lipinski definition) is 0. The smallest absolute Gasteiger partial charge is 0.0927 e. The van der Waals surface area contributed by atoms with Crippen molar-refractivity contribution < 1.29 is 0 Å². The lowest BCUT2D eigenvalue weighted by molar-refractivity contribution is 0.697. The minimum absolute atomic E-state index is 0.0147. The molecule has 0 nitrogen and oxygen atoms in total. The van der Waals surface area contributed by atoms with Crippen LogP contribution in [0.25, 0.3) is 0 Å². The largest absolute Gasteiger partial charge is 0.143 e. The van der Waals surface area contributed by atoms with Gasteiger partial charge in [0, 0.05) is 9.75 Å². The van der Waals surface area contributed by atoms with Crippen molar-refractivity contribution in [3.63, 3.8) is 0 Å². The molecule has 1 aromatic carbocycles. The minimum atomic E-state index is 0.0147. The van der Waals surface area contributed by atoms with Crippen molar-refractivity contribution in [2.24, 2.45) is 0 Å². The van der Waals surface area contributed by atoms with Crippen LogP contribution in [0.2, 0.25) is 0 Å². The van der Waals surface area contributed by atoms with Crippen molar-refractivity contribution in [1.82, 2.24) is 0 Å². The second-order valence-electron chi connectivity index (χ2n) is 6.01. The summed E-state index contributed by atoms with van der Waals surface area (Å²) in [4.78, 5) is 2.89. The number of alkyl halides is 1. The highest BCUT2D eigenvalue weighted by molar-refractivity contribution is 7.12. The number of halogens is 1. The fraction of sp³-hybridized carbons (Fsp3) is 0.474. The predicted octanol–water partition coefficient (Wildman–Crippen LogP) is 6.30. The topological polar surface area (TPSA) is 0 Å². The van der Waals surface area contributed by atoms with Crippen molar-refractivity contribution in [1.29, 1.82) is 0 Å². The Morgan fingerprint density at radius 2 is 1.90 bits per heavy atom. The van der Waals surface area contributed by atoms with Gasteiger partial charge in [-0.3, -0.25) is 0 Å². The molecule has 2 aromatic rings. The molecule has 1 heterocycles. The summed E-state index contributed by atoms with van der Waals surface area (Å²) in [5.41, 5.74) is 4.21. The van der Waals surface area contributed by atoms with Crippen LogP contribution in [0, 0.1) is 0 Å². The molecule has 0 radical (unpaired) electrons. The van der Waals surface area contributed by atoms with Crippen LogP contribution in [0.5, 0.6) is 0 Å². The maximum absolute atomic E-state index is 6.72. The molecule has 112 valence electrons. The quantitative estimate of drug-likeness (QED) is 0.568. The third-order valence-corrected chi connectivity index (χ3v) is 6.28. The summed E-state index contributed by atoms with van der Waals surface area (Å²) >= 11 is 8.64. The van der Waals surface area contributed by atoms with Gasteiger partial charge in [-0.1, -0.05) is 37.6 Å². The number of rotatable bonds is 5. The summed E-state index contributed by atoms with van der Waals surface area (Å²) in [7, 11) is 0. The second-order valence-corrected chi connectivity index (χ2v) is 7.62. The summed E-state index contributed by atoms with van der Waals surface area (Å²) in [6.07, 6.45) is 8.86. The monoisotopic (exact) mass is 318 g/mol. The van der Waals surface area contributed by atoms with Crippen LogP contribution in [0.15, 0.2) is 30.3 Å². The van der Waals surface area contributed by atoms with Crippen LogP contribution in [0.3, 0.4) is 0 Å². The first-order valence-corrected chi connectivity index (χ1v) is 9.37. The molecular weight excluding hydrogens is 296 g/mol. The number of unbranched alkanes of at least 4 members (excludes halogenated alkanes) is 1. The van der Waals surface area contributed by atoms with Crippen LogP contribution in [0.1, 0.15) is 64.4 Å². The molecule has 0 aliphatic heterocycles. The molecule has 1 aliphatic carbocycles. The zero-order chi connectivity index (χ0) is 14.7. The molecule has 1 atom stereocenters. The van der Waals surface area contributed by atoms with Crippen molar-refractivity contribution in [2.45, 2.75) is 57.2 Å². The highest BCUT2D eigenvalue weighted by Gasteiger charge is 2.18. The predicted molar refractivity (Wildman–Crippen MR) is 93.7 cm³/mol. The standard InChI is InChI=1S/C19H23ClS/c1-2-3-6-14-9-11-15(12-10-14)19(20)18-13-16-7-4-5-8-17(16)21-18/h9-13,19H,2-8H2,1H3. The minimum Gasteiger partial charge on any atom is -0.143 e. The maximum Gasteiger partial charge on any atom is 0.0927 e. The van der Waals surface area contributed by atoms with Gasteiger partial charge in [0.25, 0.3) is 0 Å². The van der Waals surface area contributed by atoms with E-state index in [2.05, 4.69) is 37.3 Å². The molecule has 0 spiro atoms. The lowest BCUT2D eigenvalue weighted by atomic mass is 9.98. The molecule has 1 unspecified atom stereocenters. The zero-order valence-corrected chi connectivity index (χ0v) is 14.3. The van der Waals surface area contributed by atoms with Gasteiger partial charge in [0.15, 0.2) is 0 Å². The van der Waals surface area contributed by atoms with Crippen molar-refractivity contribution in [3.8, 4) is 0 Å². The maximum atomic E-state index is 6.72. The molecule has 0 N–H and O–H groups in total. The second kappa shape index (κ2) is 6.98. The van der Waals surface area contributed by atoms with Crippen molar-refractivity contribution in [2.75, 3.05) is 0 Å². The van der Waals surface area contributed by atoms with Gasteiger partial charge in [-0.25, -0.2) is 0 Å². The molecule has 21 heavy (non-hydrogen) atoms. The van der Waals surface area contributed by atoms with E-state index in [0.29, 0.717) is 0 Å². The summed E-state index contributed by atoms with van der Waals surface area (Å²) < 4.78 is 0. The average Bonchev–Trinajstić information content (AvgIpc) is 2.96. The molecule has 0 fully saturated rings. The SMILES string of the molecule is CCCCc1ccc(C(Cl)c2cc3c(s2)CCCC3)cc1. The number of fused-ring (bicyclic) bond motifs is 1. The van der Waals surface area contributed by atoms with Crippen LogP contribution >= 0.6 is 22.9 Å². The Balaban J connectivity index is 1.75. The van der Waals surface area contributed by atoms with E-state index in [9.17, 15) is 0 Å². The molecule has 0 saturated heterocycles. The van der Waals surface area contributed by atoms with Crippen LogP contribution in [-0.4, -0.2) is 0 Å². The Hall–Kier alpha value is -0.790. The van der Waals surface area contributed by atoms with E-state index in [1.807, 2.05) is 11.3 Å². The van der Waals surface area contributed by atoms with E-state index in [1.54, 1.807) is 10.4 Å². The van der Waals surface area contributed by atoms with Gasteiger partial charge in [-0.05, 0) is 61.3 Å². The van der Waals surface area contributed by atoms with Gasteiger partial charge in [-0.15, -0.1) is 22.9 Å². The molecule has 0 bridgehead atoms. The molecular formula is C19H23ClS.